The van der Waals surface area contributed by atoms with E-state index < -0.39 is 0 Å². The van der Waals surface area contributed by atoms with Crippen LogP contribution in [0.2, 0.25) is 0 Å². The minimum atomic E-state index is 0.409. The van der Waals surface area contributed by atoms with Crippen molar-refractivity contribution >= 4 is 18.4 Å². The van der Waals surface area contributed by atoms with E-state index in [9.17, 15) is 0 Å². The van der Waals surface area contributed by atoms with Crippen molar-refractivity contribution in [1.29, 1.82) is 0 Å². The van der Waals surface area contributed by atoms with E-state index in [0.29, 0.717) is 16.3 Å². The summed E-state index contributed by atoms with van der Waals surface area (Å²) >= 11 is 5.27. The van der Waals surface area contributed by atoms with E-state index in [1.165, 1.54) is 0 Å². The van der Waals surface area contributed by atoms with E-state index in [2.05, 4.69) is 15.3 Å². The number of aromatic nitrogens is 3. The molecule has 2 aromatic carbocycles. The molecule has 0 radical (unpaired) electrons. The molecule has 0 fully saturated rings. The average molecular weight is 340 g/mol. The molecule has 7 heteroatoms. The fourth-order valence-corrected chi connectivity index (χ4v) is 2.41. The monoisotopic (exact) mass is 340 g/mol. The molecular weight excluding hydrogens is 324 g/mol. The van der Waals surface area contributed by atoms with Gasteiger partial charge in [0.05, 0.1) is 20.4 Å². The molecule has 0 aliphatic rings. The third-order valence-electron chi connectivity index (χ3n) is 3.43. The van der Waals surface area contributed by atoms with Gasteiger partial charge < -0.3 is 9.47 Å². The molecule has 1 aromatic heterocycles. The van der Waals surface area contributed by atoms with Gasteiger partial charge >= 0.3 is 0 Å². The van der Waals surface area contributed by atoms with Crippen molar-refractivity contribution in [1.82, 2.24) is 14.9 Å². The van der Waals surface area contributed by atoms with Gasteiger partial charge in [-0.2, -0.15) is 14.9 Å². The molecule has 0 saturated carbocycles. The van der Waals surface area contributed by atoms with Gasteiger partial charge in [0.1, 0.15) is 11.5 Å². The zero-order chi connectivity index (χ0) is 16.9. The Balaban J connectivity index is 2.02. The Labute approximate surface area is 144 Å². The lowest BCUT2D eigenvalue weighted by molar-refractivity contribution is 0.402. The average Bonchev–Trinajstić information content (AvgIpc) is 3.01. The molecule has 0 aliphatic heterocycles. The first kappa shape index (κ1) is 15.9. The van der Waals surface area contributed by atoms with Gasteiger partial charge in [-0.15, -0.1) is 0 Å². The normalized spacial score (nSPS) is 10.9. The van der Waals surface area contributed by atoms with Crippen LogP contribution in [-0.4, -0.2) is 35.3 Å². The minimum Gasteiger partial charge on any atom is -0.497 e. The molecule has 122 valence electrons. The van der Waals surface area contributed by atoms with E-state index in [0.717, 1.165) is 16.9 Å². The molecule has 24 heavy (non-hydrogen) atoms. The molecule has 0 unspecified atom stereocenters. The Morgan fingerprint density at radius 1 is 1.12 bits per heavy atom. The summed E-state index contributed by atoms with van der Waals surface area (Å²) in [5, 5.41) is 11.5. The second kappa shape index (κ2) is 7.10. The van der Waals surface area contributed by atoms with Gasteiger partial charge in [-0.05, 0) is 30.4 Å². The molecule has 0 spiro atoms. The fraction of sp³-hybridized carbons (Fsp3) is 0.118. The first-order valence-electron chi connectivity index (χ1n) is 7.22. The largest absolute Gasteiger partial charge is 0.497 e. The number of hydrogen-bond donors (Lipinski definition) is 1. The Bertz CT molecular complexity index is 916. The summed E-state index contributed by atoms with van der Waals surface area (Å²) in [5.41, 5.74) is 1.69. The van der Waals surface area contributed by atoms with Crippen molar-refractivity contribution in [3.63, 3.8) is 0 Å². The highest BCUT2D eigenvalue weighted by Crippen LogP contribution is 2.23. The second-order valence-corrected chi connectivity index (χ2v) is 5.27. The summed E-state index contributed by atoms with van der Waals surface area (Å²) in [6.45, 7) is 0. The van der Waals surface area contributed by atoms with E-state index in [1.54, 1.807) is 25.1 Å². The third kappa shape index (κ3) is 3.21. The van der Waals surface area contributed by atoms with Crippen molar-refractivity contribution in [3.8, 4) is 22.9 Å². The van der Waals surface area contributed by atoms with Gasteiger partial charge in [-0.25, -0.2) is 5.10 Å². The van der Waals surface area contributed by atoms with Crippen LogP contribution in [0, 0.1) is 4.77 Å². The number of nitrogens with zero attached hydrogens (tertiary/aromatic N) is 3. The van der Waals surface area contributed by atoms with Gasteiger partial charge in [-0.1, -0.05) is 30.3 Å². The van der Waals surface area contributed by atoms with Crippen LogP contribution in [0.1, 0.15) is 5.56 Å². The summed E-state index contributed by atoms with van der Waals surface area (Å²) in [7, 11) is 3.22. The lowest BCUT2D eigenvalue weighted by atomic mass is 10.2. The first-order chi connectivity index (χ1) is 11.7. The Morgan fingerprint density at radius 2 is 1.92 bits per heavy atom. The molecule has 0 bridgehead atoms. The lowest BCUT2D eigenvalue weighted by Gasteiger charge is -2.07. The molecule has 3 rings (SSSR count). The van der Waals surface area contributed by atoms with Crippen LogP contribution < -0.4 is 9.47 Å². The molecule has 1 heterocycles. The molecular formula is C17H16N4O2S. The molecule has 0 aliphatic carbocycles. The number of benzene rings is 2. The molecule has 6 nitrogen and oxygen atoms in total. The maximum Gasteiger partial charge on any atom is 0.216 e. The number of aromatic amines is 1. The van der Waals surface area contributed by atoms with E-state index in [-0.39, 0.29) is 0 Å². The van der Waals surface area contributed by atoms with E-state index in [4.69, 9.17) is 21.7 Å². The Morgan fingerprint density at radius 3 is 2.62 bits per heavy atom. The zero-order valence-electron chi connectivity index (χ0n) is 13.3. The minimum absolute atomic E-state index is 0.409. The number of ether oxygens (including phenoxy) is 2. The summed E-state index contributed by atoms with van der Waals surface area (Å²) < 4.78 is 12.6. The number of H-pyrrole nitrogens is 1. The van der Waals surface area contributed by atoms with Crippen molar-refractivity contribution < 1.29 is 9.47 Å². The molecule has 0 amide bonds. The van der Waals surface area contributed by atoms with Crippen molar-refractivity contribution in [2.75, 3.05) is 14.2 Å². The summed E-state index contributed by atoms with van der Waals surface area (Å²) in [6, 6.07) is 15.2. The second-order valence-electron chi connectivity index (χ2n) is 4.88. The Hall–Kier alpha value is -2.93. The zero-order valence-corrected chi connectivity index (χ0v) is 14.1. The standard InChI is InChI=1S/C17H16N4O2S/c1-22-14-8-9-15(23-2)13(10-14)11-18-21-16(19-20-17(21)24)12-6-4-3-5-7-12/h3-11H,1-2H3,(H,20,24)/b18-11-. The summed E-state index contributed by atoms with van der Waals surface area (Å²) in [4.78, 5) is 0. The van der Waals surface area contributed by atoms with Crippen LogP contribution in [0.25, 0.3) is 11.4 Å². The maximum absolute atomic E-state index is 5.35. The van der Waals surface area contributed by atoms with Crippen LogP contribution >= 0.6 is 12.2 Å². The Kier molecular flexibility index (Phi) is 4.72. The van der Waals surface area contributed by atoms with Crippen LogP contribution in [-0.2, 0) is 0 Å². The quantitative estimate of drug-likeness (QED) is 0.570. The molecule has 3 aromatic rings. The fourth-order valence-electron chi connectivity index (χ4n) is 2.23. The lowest BCUT2D eigenvalue weighted by Crippen LogP contribution is -1.97. The number of methoxy groups -OCH3 is 2. The first-order valence-corrected chi connectivity index (χ1v) is 7.63. The van der Waals surface area contributed by atoms with Crippen molar-refractivity contribution in [3.05, 3.63) is 58.9 Å². The van der Waals surface area contributed by atoms with Crippen LogP contribution in [0.15, 0.2) is 53.6 Å². The number of nitrogens with one attached hydrogen (secondary N) is 1. The topological polar surface area (TPSA) is 64.4 Å². The SMILES string of the molecule is COc1ccc(OC)c(/C=N\n2c(-c3ccccc3)n[nH]c2=S)c1. The van der Waals surface area contributed by atoms with Crippen LogP contribution in [0.4, 0.5) is 0 Å². The van der Waals surface area contributed by atoms with Gasteiger partial charge in [-0.3, -0.25) is 0 Å². The van der Waals surface area contributed by atoms with E-state index >= 15 is 0 Å². The highest BCUT2D eigenvalue weighted by Gasteiger charge is 2.08. The van der Waals surface area contributed by atoms with Crippen molar-refractivity contribution in [2.24, 2.45) is 5.10 Å². The van der Waals surface area contributed by atoms with E-state index in [1.807, 2.05) is 48.5 Å². The smallest absolute Gasteiger partial charge is 0.216 e. The maximum atomic E-state index is 5.35. The molecule has 0 saturated heterocycles. The highest BCUT2D eigenvalue weighted by atomic mass is 32.1. The summed E-state index contributed by atoms with van der Waals surface area (Å²) in [6.07, 6.45) is 1.67. The van der Waals surface area contributed by atoms with Crippen LogP contribution in [0.3, 0.4) is 0 Å². The van der Waals surface area contributed by atoms with Crippen LogP contribution in [0.5, 0.6) is 11.5 Å². The predicted molar refractivity (Wildman–Crippen MR) is 95.4 cm³/mol. The number of hydrogen-bond acceptors (Lipinski definition) is 5. The third-order valence-corrected chi connectivity index (χ3v) is 3.70. The van der Waals surface area contributed by atoms with Gasteiger partial charge in [0.15, 0.2) is 5.82 Å². The molecule has 1 N–H and O–H groups in total. The number of rotatable bonds is 5. The van der Waals surface area contributed by atoms with Gasteiger partial charge in [0.2, 0.25) is 4.77 Å². The summed E-state index contributed by atoms with van der Waals surface area (Å²) in [5.74, 6) is 2.05. The highest BCUT2D eigenvalue weighted by molar-refractivity contribution is 7.71. The molecule has 0 atom stereocenters. The predicted octanol–water partition coefficient (Wildman–Crippen LogP) is 3.51. The van der Waals surface area contributed by atoms with Crippen molar-refractivity contribution in [2.45, 2.75) is 0 Å². The van der Waals surface area contributed by atoms with Gasteiger partial charge in [0, 0.05) is 11.1 Å². The van der Waals surface area contributed by atoms with Gasteiger partial charge in [0.25, 0.3) is 0 Å².